The van der Waals surface area contributed by atoms with Gasteiger partial charge in [0.25, 0.3) is 5.91 Å². The van der Waals surface area contributed by atoms with Gasteiger partial charge in [-0.3, -0.25) is 4.79 Å². The van der Waals surface area contributed by atoms with Gasteiger partial charge < -0.3 is 0 Å². The zero-order valence-corrected chi connectivity index (χ0v) is 11.6. The number of nitrogens with zero attached hydrogens (tertiary/aromatic N) is 3. The Kier molecular flexibility index (Phi) is 3.96. The van der Waals surface area contributed by atoms with E-state index in [-0.39, 0.29) is 10.4 Å². The summed E-state index contributed by atoms with van der Waals surface area (Å²) < 4.78 is 38.4. The molecule has 0 N–H and O–H groups in total. The van der Waals surface area contributed by atoms with Gasteiger partial charge in [0.2, 0.25) is 9.81 Å². The molecule has 1 aromatic carbocycles. The molecule has 0 saturated carbocycles. The second-order valence-electron chi connectivity index (χ2n) is 3.74. The maximum Gasteiger partial charge on any atom is 0.445 e. The van der Waals surface area contributed by atoms with Crippen molar-refractivity contribution >= 4 is 28.8 Å². The third-order valence-electron chi connectivity index (χ3n) is 2.24. The minimum atomic E-state index is -4.56. The van der Waals surface area contributed by atoms with Crippen molar-refractivity contribution < 1.29 is 18.0 Å². The monoisotopic (exact) mass is 321 g/mol. The van der Waals surface area contributed by atoms with Gasteiger partial charge >= 0.3 is 6.18 Å². The van der Waals surface area contributed by atoms with Gasteiger partial charge in [-0.25, -0.2) is 4.68 Å². The molecule has 0 spiro atoms. The minimum absolute atomic E-state index is 0.128. The van der Waals surface area contributed by atoms with Crippen molar-refractivity contribution in [3.05, 3.63) is 44.7 Å². The second-order valence-corrected chi connectivity index (χ2v) is 5.13. The van der Waals surface area contributed by atoms with Gasteiger partial charge in [0.1, 0.15) is 0 Å². The molecule has 1 amide bonds. The zero-order chi connectivity index (χ0) is 14.9. The number of carbonyl (C=O) groups is 1. The summed E-state index contributed by atoms with van der Waals surface area (Å²) in [5.74, 6) is -0.658. The Labute approximate surface area is 120 Å². The topological polar surface area (TPSA) is 47.2 Å². The largest absolute Gasteiger partial charge is 0.445 e. The van der Waals surface area contributed by atoms with Crippen LogP contribution in [-0.2, 0) is 13.2 Å². The number of hydrogen-bond donors (Lipinski definition) is 0. The summed E-state index contributed by atoms with van der Waals surface area (Å²) in [6.07, 6.45) is -4.56. The number of amides is 1. The van der Waals surface area contributed by atoms with Crippen molar-refractivity contribution in [2.24, 2.45) is 12.0 Å². The van der Waals surface area contributed by atoms with E-state index in [0.29, 0.717) is 16.4 Å². The van der Waals surface area contributed by atoms with Crippen molar-refractivity contribution in [3.8, 4) is 0 Å². The fraction of sp³-hybridized carbons (Fsp3) is 0.182. The van der Waals surface area contributed by atoms with Gasteiger partial charge in [0, 0.05) is 17.6 Å². The summed E-state index contributed by atoms with van der Waals surface area (Å²) in [7, 11) is 1.29. The van der Waals surface area contributed by atoms with E-state index < -0.39 is 17.1 Å². The van der Waals surface area contributed by atoms with E-state index in [1.807, 2.05) is 0 Å². The lowest BCUT2D eigenvalue weighted by atomic mass is 10.2. The number of aryl methyl sites for hydroxylation is 1. The molecule has 106 valence electrons. The molecule has 0 bridgehead atoms. The molecule has 20 heavy (non-hydrogen) atoms. The molecule has 2 rings (SSSR count). The van der Waals surface area contributed by atoms with Crippen LogP contribution < -0.4 is 4.80 Å². The summed E-state index contributed by atoms with van der Waals surface area (Å²) in [5, 5.41) is 2.68. The van der Waals surface area contributed by atoms with E-state index in [4.69, 9.17) is 11.6 Å². The van der Waals surface area contributed by atoms with Crippen LogP contribution >= 0.6 is 22.9 Å². The first-order valence-corrected chi connectivity index (χ1v) is 6.43. The lowest BCUT2D eigenvalue weighted by Gasteiger charge is -1.97. The van der Waals surface area contributed by atoms with Crippen LogP contribution in [0.25, 0.3) is 0 Å². The van der Waals surface area contributed by atoms with Crippen LogP contribution in [0.4, 0.5) is 13.2 Å². The smallest absolute Gasteiger partial charge is 0.267 e. The number of carbonyl (C=O) groups excluding carboxylic acids is 1. The molecule has 2 aromatic rings. The standard InChI is InChI=1S/C11H7ClF3N3OS/c1-18-10(20-9(17-18)11(13,14)15)16-8(19)6-2-4-7(12)5-3-6/h2-5H,1H3. The number of alkyl halides is 3. The average molecular weight is 322 g/mol. The Morgan fingerprint density at radius 2 is 1.95 bits per heavy atom. The van der Waals surface area contributed by atoms with E-state index in [0.717, 1.165) is 4.68 Å². The maximum absolute atomic E-state index is 12.5. The maximum atomic E-state index is 12.5. The molecule has 0 aliphatic carbocycles. The summed E-state index contributed by atoms with van der Waals surface area (Å²) in [5.41, 5.74) is 0.233. The van der Waals surface area contributed by atoms with Crippen molar-refractivity contribution in [1.82, 2.24) is 9.78 Å². The molecular formula is C11H7ClF3N3OS. The van der Waals surface area contributed by atoms with E-state index in [9.17, 15) is 18.0 Å². The molecule has 1 aromatic heterocycles. The second kappa shape index (κ2) is 5.37. The van der Waals surface area contributed by atoms with E-state index in [1.54, 1.807) is 0 Å². The van der Waals surface area contributed by atoms with E-state index >= 15 is 0 Å². The number of halogens is 4. The molecule has 0 fully saturated rings. The number of rotatable bonds is 1. The van der Waals surface area contributed by atoms with Crippen molar-refractivity contribution in [2.75, 3.05) is 0 Å². The third-order valence-corrected chi connectivity index (χ3v) is 3.53. The average Bonchev–Trinajstić information content (AvgIpc) is 2.71. The first-order chi connectivity index (χ1) is 9.27. The summed E-state index contributed by atoms with van der Waals surface area (Å²) in [4.78, 5) is 15.3. The van der Waals surface area contributed by atoms with Crippen LogP contribution in [0.15, 0.2) is 29.3 Å². The Hall–Kier alpha value is -1.67. The molecule has 0 unspecified atom stereocenters. The normalized spacial score (nSPS) is 12.8. The van der Waals surface area contributed by atoms with Crippen LogP contribution in [0.3, 0.4) is 0 Å². The lowest BCUT2D eigenvalue weighted by molar-refractivity contribution is -0.138. The van der Waals surface area contributed by atoms with Crippen LogP contribution in [0, 0.1) is 0 Å². The minimum Gasteiger partial charge on any atom is -0.267 e. The molecule has 0 aliphatic heterocycles. The highest BCUT2D eigenvalue weighted by Crippen LogP contribution is 2.28. The summed E-state index contributed by atoms with van der Waals surface area (Å²) >= 11 is 5.98. The predicted molar refractivity (Wildman–Crippen MR) is 67.4 cm³/mol. The molecular weight excluding hydrogens is 315 g/mol. The quantitative estimate of drug-likeness (QED) is 0.811. The Balaban J connectivity index is 2.38. The van der Waals surface area contributed by atoms with Gasteiger partial charge in [-0.15, -0.1) is 0 Å². The number of benzene rings is 1. The highest BCUT2D eigenvalue weighted by atomic mass is 35.5. The van der Waals surface area contributed by atoms with E-state index in [2.05, 4.69) is 10.1 Å². The molecule has 1 heterocycles. The van der Waals surface area contributed by atoms with Crippen molar-refractivity contribution in [1.29, 1.82) is 0 Å². The molecule has 0 aliphatic rings. The molecule has 9 heteroatoms. The molecule has 0 radical (unpaired) electrons. The SMILES string of the molecule is Cn1nc(C(F)(F)F)sc1=NC(=O)c1ccc(Cl)cc1. The van der Waals surface area contributed by atoms with Gasteiger partial charge in [0.05, 0.1) is 0 Å². The first-order valence-electron chi connectivity index (χ1n) is 5.23. The van der Waals surface area contributed by atoms with Gasteiger partial charge in [0.15, 0.2) is 0 Å². The van der Waals surface area contributed by atoms with Crippen LogP contribution in [0.2, 0.25) is 5.02 Å². The zero-order valence-electron chi connectivity index (χ0n) is 9.98. The third kappa shape index (κ3) is 3.26. The van der Waals surface area contributed by atoms with Crippen molar-refractivity contribution in [2.45, 2.75) is 6.18 Å². The Bertz CT molecular complexity index is 703. The van der Waals surface area contributed by atoms with Crippen LogP contribution in [0.5, 0.6) is 0 Å². The Morgan fingerprint density at radius 1 is 1.35 bits per heavy atom. The Morgan fingerprint density at radius 3 is 2.45 bits per heavy atom. The van der Waals surface area contributed by atoms with Crippen molar-refractivity contribution in [3.63, 3.8) is 0 Å². The molecule has 0 atom stereocenters. The summed E-state index contributed by atoms with van der Waals surface area (Å²) in [6.45, 7) is 0. The first kappa shape index (κ1) is 14.7. The molecule has 4 nitrogen and oxygen atoms in total. The lowest BCUT2D eigenvalue weighted by Crippen LogP contribution is -2.14. The number of aromatic nitrogens is 2. The van der Waals surface area contributed by atoms with Crippen LogP contribution in [-0.4, -0.2) is 15.7 Å². The van der Waals surface area contributed by atoms with E-state index in [1.165, 1.54) is 31.3 Å². The fourth-order valence-corrected chi connectivity index (χ4v) is 2.19. The predicted octanol–water partition coefficient (Wildman–Crippen LogP) is 2.89. The fourth-order valence-electron chi connectivity index (χ4n) is 1.31. The van der Waals surface area contributed by atoms with Crippen LogP contribution in [0.1, 0.15) is 15.4 Å². The molecule has 0 saturated heterocycles. The van der Waals surface area contributed by atoms with Gasteiger partial charge in [-0.1, -0.05) is 22.9 Å². The highest BCUT2D eigenvalue weighted by molar-refractivity contribution is 7.09. The summed E-state index contributed by atoms with van der Waals surface area (Å²) in [6, 6.07) is 5.88. The van der Waals surface area contributed by atoms with Gasteiger partial charge in [-0.05, 0) is 24.3 Å². The van der Waals surface area contributed by atoms with Gasteiger partial charge in [-0.2, -0.15) is 23.3 Å². The number of hydrogen-bond acceptors (Lipinski definition) is 3. The highest BCUT2D eigenvalue weighted by Gasteiger charge is 2.35.